The third kappa shape index (κ3) is 3.06. The Morgan fingerprint density at radius 3 is 2.52 bits per heavy atom. The van der Waals surface area contributed by atoms with Crippen molar-refractivity contribution >= 4 is 22.5 Å². The van der Waals surface area contributed by atoms with Gasteiger partial charge in [0.15, 0.2) is 0 Å². The molecule has 0 atom stereocenters. The smallest absolute Gasteiger partial charge is 0.256 e. The Morgan fingerprint density at radius 1 is 1.04 bits per heavy atom. The first-order chi connectivity index (χ1) is 12.0. The van der Waals surface area contributed by atoms with Crippen LogP contribution in [0.15, 0.2) is 53.3 Å². The van der Waals surface area contributed by atoms with Crippen molar-refractivity contribution in [1.82, 2.24) is 4.57 Å². The average molecular weight is 338 g/mol. The molecule has 0 aliphatic heterocycles. The Morgan fingerprint density at radius 2 is 1.80 bits per heavy atom. The summed E-state index contributed by atoms with van der Waals surface area (Å²) < 4.78 is 12.0. The van der Waals surface area contributed by atoms with Crippen molar-refractivity contribution in [3.8, 4) is 11.5 Å². The Kier molecular flexibility index (Phi) is 4.43. The molecular weight excluding hydrogens is 320 g/mol. The van der Waals surface area contributed by atoms with Crippen molar-refractivity contribution in [2.75, 3.05) is 19.5 Å². The molecule has 25 heavy (non-hydrogen) atoms. The Labute approximate surface area is 144 Å². The predicted molar refractivity (Wildman–Crippen MR) is 96.7 cm³/mol. The van der Waals surface area contributed by atoms with Crippen LogP contribution in [0.2, 0.25) is 0 Å². The number of carbonyl (C=O) groups is 1. The molecular formula is C19H18N2O4. The zero-order chi connectivity index (χ0) is 18.0. The number of hydrogen-bond donors (Lipinski definition) is 1. The van der Waals surface area contributed by atoms with E-state index in [0.717, 1.165) is 0 Å². The summed E-state index contributed by atoms with van der Waals surface area (Å²) in [7, 11) is 4.74. The van der Waals surface area contributed by atoms with Crippen LogP contribution in [-0.4, -0.2) is 24.7 Å². The molecule has 0 spiro atoms. The number of hydrogen-bond acceptors (Lipinski definition) is 4. The molecule has 6 nitrogen and oxygen atoms in total. The number of anilines is 1. The third-order valence-electron chi connectivity index (χ3n) is 4.05. The lowest BCUT2D eigenvalue weighted by molar-refractivity contribution is 0.102. The molecule has 1 aromatic heterocycles. The standard InChI is InChI=1S/C19H18N2O4/c1-21-16-7-5-4-6-13(16)14(11-18(21)22)19(23)20-15-10-12(24-2)8-9-17(15)25-3/h4-11H,1-3H3,(H,20,23). The zero-order valence-electron chi connectivity index (χ0n) is 14.2. The summed E-state index contributed by atoms with van der Waals surface area (Å²) in [5.41, 5.74) is 1.22. The van der Waals surface area contributed by atoms with E-state index in [1.807, 2.05) is 18.2 Å². The molecule has 0 fully saturated rings. The van der Waals surface area contributed by atoms with Crippen molar-refractivity contribution in [3.05, 3.63) is 64.4 Å². The molecule has 128 valence electrons. The number of benzene rings is 2. The molecule has 0 aliphatic rings. The lowest BCUT2D eigenvalue weighted by Gasteiger charge is -2.13. The minimum atomic E-state index is -0.388. The maximum Gasteiger partial charge on any atom is 0.256 e. The van der Waals surface area contributed by atoms with Gasteiger partial charge in [-0.25, -0.2) is 0 Å². The first-order valence-electron chi connectivity index (χ1n) is 7.67. The van der Waals surface area contributed by atoms with E-state index in [4.69, 9.17) is 9.47 Å². The van der Waals surface area contributed by atoms with Gasteiger partial charge in [-0.2, -0.15) is 0 Å². The predicted octanol–water partition coefficient (Wildman–Crippen LogP) is 2.81. The Balaban J connectivity index is 2.07. The largest absolute Gasteiger partial charge is 0.497 e. The number of rotatable bonds is 4. The second-order valence-corrected chi connectivity index (χ2v) is 5.49. The lowest BCUT2D eigenvalue weighted by Crippen LogP contribution is -2.21. The summed E-state index contributed by atoms with van der Waals surface area (Å²) in [5.74, 6) is 0.702. The minimum Gasteiger partial charge on any atom is -0.497 e. The normalized spacial score (nSPS) is 10.5. The van der Waals surface area contributed by atoms with Gasteiger partial charge < -0.3 is 19.4 Å². The van der Waals surface area contributed by atoms with Crippen molar-refractivity contribution in [2.45, 2.75) is 0 Å². The number of nitrogens with zero attached hydrogens (tertiary/aromatic N) is 1. The van der Waals surface area contributed by atoms with Crippen LogP contribution in [0.25, 0.3) is 10.9 Å². The summed E-state index contributed by atoms with van der Waals surface area (Å²) in [4.78, 5) is 25.0. The molecule has 1 amide bonds. The van der Waals surface area contributed by atoms with Gasteiger partial charge >= 0.3 is 0 Å². The van der Waals surface area contributed by atoms with Gasteiger partial charge in [0.2, 0.25) is 0 Å². The maximum atomic E-state index is 12.8. The molecule has 0 saturated heterocycles. The SMILES string of the molecule is COc1ccc(OC)c(NC(=O)c2cc(=O)n(C)c3ccccc23)c1. The number of fused-ring (bicyclic) bond motifs is 1. The highest BCUT2D eigenvalue weighted by atomic mass is 16.5. The van der Waals surface area contributed by atoms with Gasteiger partial charge in [-0.3, -0.25) is 9.59 Å². The number of aryl methyl sites for hydroxylation is 1. The molecule has 1 heterocycles. The molecule has 0 aliphatic carbocycles. The van der Waals surface area contributed by atoms with Crippen LogP contribution in [0.1, 0.15) is 10.4 Å². The molecule has 0 bridgehead atoms. The molecule has 3 aromatic rings. The molecule has 1 N–H and O–H groups in total. The van der Waals surface area contributed by atoms with Crippen molar-refractivity contribution in [2.24, 2.45) is 7.05 Å². The second-order valence-electron chi connectivity index (χ2n) is 5.49. The van der Waals surface area contributed by atoms with Gasteiger partial charge in [0, 0.05) is 24.6 Å². The van der Waals surface area contributed by atoms with E-state index in [1.54, 1.807) is 38.4 Å². The fourth-order valence-corrected chi connectivity index (χ4v) is 2.70. The van der Waals surface area contributed by atoms with Crippen LogP contribution in [0.4, 0.5) is 5.69 Å². The number of ether oxygens (including phenoxy) is 2. The average Bonchev–Trinajstić information content (AvgIpc) is 2.64. The maximum absolute atomic E-state index is 12.8. The summed E-state index contributed by atoms with van der Waals surface area (Å²) in [6.45, 7) is 0. The van der Waals surface area contributed by atoms with Crippen molar-refractivity contribution in [1.29, 1.82) is 0 Å². The van der Waals surface area contributed by atoms with E-state index in [0.29, 0.717) is 33.7 Å². The van der Waals surface area contributed by atoms with Crippen molar-refractivity contribution < 1.29 is 14.3 Å². The van der Waals surface area contributed by atoms with Crippen LogP contribution in [-0.2, 0) is 7.05 Å². The van der Waals surface area contributed by atoms with E-state index >= 15 is 0 Å². The highest BCUT2D eigenvalue weighted by Crippen LogP contribution is 2.29. The molecule has 0 saturated carbocycles. The fourth-order valence-electron chi connectivity index (χ4n) is 2.70. The van der Waals surface area contributed by atoms with E-state index in [1.165, 1.54) is 17.7 Å². The van der Waals surface area contributed by atoms with Gasteiger partial charge in [0.25, 0.3) is 11.5 Å². The summed E-state index contributed by atoms with van der Waals surface area (Å²) >= 11 is 0. The van der Waals surface area contributed by atoms with Crippen molar-refractivity contribution in [3.63, 3.8) is 0 Å². The quantitative estimate of drug-likeness (QED) is 0.794. The van der Waals surface area contributed by atoms with E-state index in [9.17, 15) is 9.59 Å². The van der Waals surface area contributed by atoms with Gasteiger partial charge in [0.1, 0.15) is 11.5 Å². The summed E-state index contributed by atoms with van der Waals surface area (Å²) in [5, 5.41) is 3.50. The molecule has 6 heteroatoms. The van der Waals surface area contributed by atoms with Crippen LogP contribution >= 0.6 is 0 Å². The number of pyridine rings is 1. The monoisotopic (exact) mass is 338 g/mol. The summed E-state index contributed by atoms with van der Waals surface area (Å²) in [6, 6.07) is 13.7. The van der Waals surface area contributed by atoms with E-state index in [-0.39, 0.29) is 11.5 Å². The van der Waals surface area contributed by atoms with Gasteiger partial charge in [0.05, 0.1) is 31.0 Å². The highest BCUT2D eigenvalue weighted by molar-refractivity contribution is 6.12. The Hall–Kier alpha value is -3.28. The Bertz CT molecular complexity index is 1010. The first-order valence-corrected chi connectivity index (χ1v) is 7.67. The third-order valence-corrected chi connectivity index (χ3v) is 4.05. The van der Waals surface area contributed by atoms with Gasteiger partial charge in [-0.05, 0) is 18.2 Å². The first kappa shape index (κ1) is 16.6. The molecule has 0 radical (unpaired) electrons. The number of methoxy groups -OCH3 is 2. The van der Waals surface area contributed by atoms with Crippen LogP contribution in [0.5, 0.6) is 11.5 Å². The number of amides is 1. The molecule has 2 aromatic carbocycles. The van der Waals surface area contributed by atoms with Crippen LogP contribution < -0.4 is 20.3 Å². The van der Waals surface area contributed by atoms with E-state index < -0.39 is 0 Å². The van der Waals surface area contributed by atoms with Crippen LogP contribution in [0, 0.1) is 0 Å². The lowest BCUT2D eigenvalue weighted by atomic mass is 10.1. The second kappa shape index (κ2) is 6.68. The zero-order valence-corrected chi connectivity index (χ0v) is 14.2. The topological polar surface area (TPSA) is 69.6 Å². The number of carbonyl (C=O) groups excluding carboxylic acids is 1. The number of aromatic nitrogens is 1. The van der Waals surface area contributed by atoms with E-state index in [2.05, 4.69) is 5.32 Å². The van der Waals surface area contributed by atoms with Crippen LogP contribution in [0.3, 0.4) is 0 Å². The molecule has 3 rings (SSSR count). The summed E-state index contributed by atoms with van der Waals surface area (Å²) in [6.07, 6.45) is 0. The minimum absolute atomic E-state index is 0.249. The number of para-hydroxylation sites is 1. The molecule has 0 unspecified atom stereocenters. The highest BCUT2D eigenvalue weighted by Gasteiger charge is 2.15. The van der Waals surface area contributed by atoms with Gasteiger partial charge in [-0.1, -0.05) is 18.2 Å². The van der Waals surface area contributed by atoms with Gasteiger partial charge in [-0.15, -0.1) is 0 Å². The fraction of sp³-hybridized carbons (Fsp3) is 0.158. The number of nitrogens with one attached hydrogen (secondary N) is 1.